The van der Waals surface area contributed by atoms with E-state index in [0.29, 0.717) is 37.0 Å². The van der Waals surface area contributed by atoms with Crippen LogP contribution in [0.15, 0.2) is 53.4 Å². The molecular weight excluding hydrogens is 496 g/mol. The lowest BCUT2D eigenvalue weighted by molar-refractivity contribution is 0.135. The van der Waals surface area contributed by atoms with Crippen LogP contribution < -0.4 is 4.74 Å². The highest BCUT2D eigenvalue weighted by molar-refractivity contribution is 7.89. The van der Waals surface area contributed by atoms with E-state index in [1.807, 2.05) is 36.4 Å². The second kappa shape index (κ2) is 10.9. The predicted octanol–water partition coefficient (Wildman–Crippen LogP) is 5.71. The van der Waals surface area contributed by atoms with Gasteiger partial charge in [-0.25, -0.2) is 13.4 Å². The maximum atomic E-state index is 13.3. The molecule has 1 aromatic heterocycles. The fourth-order valence-electron chi connectivity index (χ4n) is 5.45. The van der Waals surface area contributed by atoms with E-state index in [0.717, 1.165) is 35.1 Å². The number of benzene rings is 2. The zero-order valence-corrected chi connectivity index (χ0v) is 23.9. The molecule has 2 aromatic carbocycles. The summed E-state index contributed by atoms with van der Waals surface area (Å²) in [6, 6.07) is 15.3. The minimum atomic E-state index is -3.53. The smallest absolute Gasteiger partial charge is 0.243 e. The van der Waals surface area contributed by atoms with Crippen molar-refractivity contribution in [3.63, 3.8) is 0 Å². The lowest BCUT2D eigenvalue weighted by atomic mass is 9.87. The first kappa shape index (κ1) is 27.0. The molecule has 1 aliphatic carbocycles. The summed E-state index contributed by atoms with van der Waals surface area (Å²) in [5.41, 5.74) is 1.99. The molecule has 204 valence electrons. The van der Waals surface area contributed by atoms with Gasteiger partial charge >= 0.3 is 0 Å². The molecule has 1 saturated carbocycles. The Bertz CT molecular complexity index is 1350. The molecule has 0 N–H and O–H groups in total. The fourth-order valence-corrected chi connectivity index (χ4v) is 6.87. The third-order valence-corrected chi connectivity index (χ3v) is 9.88. The summed E-state index contributed by atoms with van der Waals surface area (Å²) in [7, 11) is -3.53. The molecule has 1 aliphatic heterocycles. The van der Waals surface area contributed by atoms with E-state index in [4.69, 9.17) is 14.7 Å². The van der Waals surface area contributed by atoms with Gasteiger partial charge in [-0.3, -0.25) is 4.90 Å². The van der Waals surface area contributed by atoms with Crippen molar-refractivity contribution in [2.45, 2.75) is 82.3 Å². The van der Waals surface area contributed by atoms with Crippen LogP contribution in [0.2, 0.25) is 0 Å². The van der Waals surface area contributed by atoms with Crippen LogP contribution in [0, 0.1) is 0 Å². The number of hydrogen-bond donors (Lipinski definition) is 0. The van der Waals surface area contributed by atoms with Gasteiger partial charge in [0.2, 0.25) is 15.9 Å². The standard InChI is InChI=1S/C30H40N4O3S/c1-22(28-31-27-13-9-8-12-26(27)29(32-28)37-24-10-6-5-7-11-24)33-18-20-34(21-19-33)38(35,36)25-16-14-23(15-17-25)30(2,3)4/h8-9,12-17,22,24H,5-7,10-11,18-21H2,1-4H3. The second-order valence-electron chi connectivity index (χ2n) is 11.7. The van der Waals surface area contributed by atoms with Crippen molar-refractivity contribution >= 4 is 20.9 Å². The van der Waals surface area contributed by atoms with Crippen molar-refractivity contribution < 1.29 is 13.2 Å². The number of nitrogens with zero attached hydrogens (tertiary/aromatic N) is 4. The van der Waals surface area contributed by atoms with Crippen molar-refractivity contribution in [2.24, 2.45) is 0 Å². The third kappa shape index (κ3) is 5.72. The monoisotopic (exact) mass is 536 g/mol. The van der Waals surface area contributed by atoms with Crippen molar-refractivity contribution in [1.82, 2.24) is 19.2 Å². The van der Waals surface area contributed by atoms with Crippen LogP contribution in [0.25, 0.3) is 10.9 Å². The third-order valence-electron chi connectivity index (χ3n) is 7.97. The second-order valence-corrected chi connectivity index (χ2v) is 13.6. The maximum absolute atomic E-state index is 13.3. The highest BCUT2D eigenvalue weighted by Crippen LogP contribution is 2.31. The number of ether oxygens (including phenoxy) is 1. The summed E-state index contributed by atoms with van der Waals surface area (Å²) >= 11 is 0. The summed E-state index contributed by atoms with van der Waals surface area (Å²) in [6.45, 7) is 10.6. The Hall–Kier alpha value is -2.55. The Morgan fingerprint density at radius 3 is 2.21 bits per heavy atom. The van der Waals surface area contributed by atoms with Crippen LogP contribution in [0.1, 0.15) is 77.2 Å². The molecule has 1 saturated heterocycles. The minimum Gasteiger partial charge on any atom is -0.474 e. The quantitative estimate of drug-likeness (QED) is 0.402. The normalized spacial score (nSPS) is 19.5. The van der Waals surface area contributed by atoms with Crippen LogP contribution in [0.3, 0.4) is 0 Å². The Morgan fingerprint density at radius 1 is 0.895 bits per heavy atom. The number of rotatable bonds is 6. The lowest BCUT2D eigenvalue weighted by Crippen LogP contribution is -2.49. The molecule has 0 spiro atoms. The number of hydrogen-bond acceptors (Lipinski definition) is 6. The van der Waals surface area contributed by atoms with Gasteiger partial charge < -0.3 is 4.74 Å². The Kier molecular flexibility index (Phi) is 7.76. The molecule has 7 nitrogen and oxygen atoms in total. The molecule has 8 heteroatoms. The molecule has 2 heterocycles. The van der Waals surface area contributed by atoms with Crippen LogP contribution >= 0.6 is 0 Å². The van der Waals surface area contributed by atoms with Crippen molar-refractivity contribution in [3.05, 3.63) is 59.9 Å². The molecule has 3 aromatic rings. The average molecular weight is 537 g/mol. The van der Waals surface area contributed by atoms with Crippen LogP contribution in [-0.2, 0) is 15.4 Å². The van der Waals surface area contributed by atoms with Crippen molar-refractivity contribution in [1.29, 1.82) is 0 Å². The first-order valence-corrected chi connectivity index (χ1v) is 15.3. The zero-order chi connectivity index (χ0) is 26.9. The highest BCUT2D eigenvalue weighted by Gasteiger charge is 2.32. The molecule has 0 bridgehead atoms. The number of fused-ring (bicyclic) bond motifs is 1. The fraction of sp³-hybridized carbons (Fsp3) is 0.533. The van der Waals surface area contributed by atoms with Gasteiger partial charge in [0.15, 0.2) is 0 Å². The van der Waals surface area contributed by atoms with Gasteiger partial charge in [-0.2, -0.15) is 9.29 Å². The first-order chi connectivity index (χ1) is 18.1. The number of aromatic nitrogens is 2. The summed E-state index contributed by atoms with van der Waals surface area (Å²) in [4.78, 5) is 12.4. The molecule has 1 unspecified atom stereocenters. The molecule has 0 radical (unpaired) electrons. The van der Waals surface area contributed by atoms with Crippen LogP contribution in [0.4, 0.5) is 0 Å². The molecular formula is C30H40N4O3S. The van der Waals surface area contributed by atoms with Gasteiger partial charge in [0.25, 0.3) is 0 Å². The van der Waals surface area contributed by atoms with Crippen molar-refractivity contribution in [3.8, 4) is 5.88 Å². The average Bonchev–Trinajstić information content (AvgIpc) is 2.93. The van der Waals surface area contributed by atoms with E-state index < -0.39 is 10.0 Å². The molecule has 0 amide bonds. The van der Waals surface area contributed by atoms with Crippen molar-refractivity contribution in [2.75, 3.05) is 26.2 Å². The zero-order valence-electron chi connectivity index (χ0n) is 23.1. The Balaban J connectivity index is 1.30. The van der Waals surface area contributed by atoms with Gasteiger partial charge in [0, 0.05) is 26.2 Å². The Morgan fingerprint density at radius 2 is 1.55 bits per heavy atom. The summed E-state index contributed by atoms with van der Waals surface area (Å²) < 4.78 is 34.7. The van der Waals surface area contributed by atoms with Gasteiger partial charge in [-0.1, -0.05) is 51.5 Å². The van der Waals surface area contributed by atoms with E-state index in [1.165, 1.54) is 19.3 Å². The topological polar surface area (TPSA) is 75.6 Å². The van der Waals surface area contributed by atoms with E-state index in [2.05, 4.69) is 32.6 Å². The van der Waals surface area contributed by atoms with Gasteiger partial charge in [-0.05, 0) is 67.9 Å². The minimum absolute atomic E-state index is 0.0177. The van der Waals surface area contributed by atoms with E-state index >= 15 is 0 Å². The molecule has 5 rings (SSSR count). The molecule has 1 atom stereocenters. The number of piperazine rings is 1. The molecule has 2 fully saturated rings. The van der Waals surface area contributed by atoms with Gasteiger partial charge in [0.05, 0.1) is 21.8 Å². The summed E-state index contributed by atoms with van der Waals surface area (Å²) in [6.07, 6.45) is 6.01. The lowest BCUT2D eigenvalue weighted by Gasteiger charge is -2.37. The largest absolute Gasteiger partial charge is 0.474 e. The first-order valence-electron chi connectivity index (χ1n) is 13.9. The summed E-state index contributed by atoms with van der Waals surface area (Å²) in [5.74, 6) is 1.40. The predicted molar refractivity (Wildman–Crippen MR) is 151 cm³/mol. The maximum Gasteiger partial charge on any atom is 0.243 e. The van der Waals surface area contributed by atoms with E-state index in [-0.39, 0.29) is 17.6 Å². The van der Waals surface area contributed by atoms with E-state index in [9.17, 15) is 8.42 Å². The molecule has 38 heavy (non-hydrogen) atoms. The SMILES string of the molecule is CC(c1nc(OC2CCCCC2)c2ccccc2n1)N1CCN(S(=O)(=O)c2ccc(C(C)(C)C)cc2)CC1. The van der Waals surface area contributed by atoms with Gasteiger partial charge in [-0.15, -0.1) is 0 Å². The number of para-hydroxylation sites is 1. The molecule has 2 aliphatic rings. The van der Waals surface area contributed by atoms with E-state index in [1.54, 1.807) is 16.4 Å². The Labute approximate surface area is 227 Å². The van der Waals surface area contributed by atoms with Gasteiger partial charge in [0.1, 0.15) is 11.9 Å². The van der Waals surface area contributed by atoms with Crippen LogP contribution in [0.5, 0.6) is 5.88 Å². The summed E-state index contributed by atoms with van der Waals surface area (Å²) in [5, 5.41) is 0.947. The van der Waals surface area contributed by atoms with Crippen LogP contribution in [-0.4, -0.2) is 59.9 Å². The number of sulfonamides is 1. The highest BCUT2D eigenvalue weighted by atomic mass is 32.2.